The molecule has 2 N–H and O–H groups in total. The Labute approximate surface area is 232 Å². The summed E-state index contributed by atoms with van der Waals surface area (Å²) in [6.45, 7) is 0.0416. The van der Waals surface area contributed by atoms with Crippen molar-refractivity contribution in [3.63, 3.8) is 0 Å². The third-order valence-electron chi connectivity index (χ3n) is 6.57. The van der Waals surface area contributed by atoms with Crippen molar-refractivity contribution in [1.82, 2.24) is 15.8 Å². The minimum atomic E-state index is -1.11. The minimum Gasteiger partial charge on any atom is -0.468 e. The fourth-order valence-corrected chi connectivity index (χ4v) is 4.55. The van der Waals surface area contributed by atoms with Crippen molar-refractivity contribution in [3.05, 3.63) is 138 Å². The van der Waals surface area contributed by atoms with Crippen LogP contribution < -0.4 is 15.5 Å². The molecule has 0 radical (unpaired) electrons. The standard InChI is InChI=1S/C32H29N3O5/c36-27-21-28(40-26-19-11-4-12-20-26)35(27)34-31(37)30(33-32(38)39-22-23-13-5-1-6-14-23)29(24-15-7-2-8-16-24)25-17-9-3-10-18-25/h1-20,28-30H,21-22H2,(H,33,38)(H,34,37)/t28?,30-/m0/s1. The first-order chi connectivity index (χ1) is 19.6. The first kappa shape index (κ1) is 26.5. The van der Waals surface area contributed by atoms with Gasteiger partial charge in [0.25, 0.3) is 5.91 Å². The molecule has 2 atom stereocenters. The topological polar surface area (TPSA) is 97.0 Å². The molecule has 3 amide bonds. The van der Waals surface area contributed by atoms with E-state index in [0.29, 0.717) is 5.75 Å². The number of para-hydroxylation sites is 1. The number of carbonyl (C=O) groups excluding carboxylic acids is 3. The van der Waals surface area contributed by atoms with Crippen LogP contribution >= 0.6 is 0 Å². The third kappa shape index (κ3) is 6.47. The number of nitrogens with one attached hydrogen (secondary N) is 2. The number of hydrogen-bond acceptors (Lipinski definition) is 5. The Morgan fingerprint density at radius 3 is 1.85 bits per heavy atom. The lowest BCUT2D eigenvalue weighted by atomic mass is 9.84. The summed E-state index contributed by atoms with van der Waals surface area (Å²) in [5, 5.41) is 3.92. The zero-order valence-corrected chi connectivity index (χ0v) is 21.7. The Morgan fingerprint density at radius 1 is 0.775 bits per heavy atom. The number of hydrazine groups is 1. The van der Waals surface area contributed by atoms with Crippen molar-refractivity contribution in [3.8, 4) is 5.75 Å². The molecule has 1 aliphatic heterocycles. The second-order valence-corrected chi connectivity index (χ2v) is 9.31. The van der Waals surface area contributed by atoms with E-state index in [0.717, 1.165) is 21.7 Å². The predicted octanol–water partition coefficient (Wildman–Crippen LogP) is 4.78. The molecule has 0 bridgehead atoms. The van der Waals surface area contributed by atoms with Gasteiger partial charge in [0.15, 0.2) is 0 Å². The molecule has 1 aliphatic rings. The lowest BCUT2D eigenvalue weighted by molar-refractivity contribution is -0.173. The smallest absolute Gasteiger partial charge is 0.408 e. The van der Waals surface area contributed by atoms with Crippen LogP contribution in [0, 0.1) is 0 Å². The predicted molar refractivity (Wildman–Crippen MR) is 149 cm³/mol. The van der Waals surface area contributed by atoms with E-state index in [4.69, 9.17) is 9.47 Å². The molecule has 1 unspecified atom stereocenters. The first-order valence-corrected chi connectivity index (χ1v) is 13.0. The number of benzene rings is 4. The number of β-lactam (4-membered cyclic amide) rings is 1. The summed E-state index contributed by atoms with van der Waals surface area (Å²) in [4.78, 5) is 39.4. The van der Waals surface area contributed by atoms with E-state index >= 15 is 0 Å². The lowest BCUT2D eigenvalue weighted by Crippen LogP contribution is -2.66. The molecular weight excluding hydrogens is 506 g/mol. The molecule has 1 fully saturated rings. The second kappa shape index (κ2) is 12.6. The highest BCUT2D eigenvalue weighted by molar-refractivity contribution is 5.91. The number of hydrogen-bond donors (Lipinski definition) is 2. The van der Waals surface area contributed by atoms with Gasteiger partial charge in [-0.2, -0.15) is 0 Å². The fourth-order valence-electron chi connectivity index (χ4n) is 4.55. The van der Waals surface area contributed by atoms with E-state index in [-0.39, 0.29) is 18.9 Å². The van der Waals surface area contributed by atoms with Crippen molar-refractivity contribution in [2.45, 2.75) is 31.2 Å². The second-order valence-electron chi connectivity index (χ2n) is 9.31. The van der Waals surface area contributed by atoms with Gasteiger partial charge < -0.3 is 14.8 Å². The van der Waals surface area contributed by atoms with Gasteiger partial charge in [0.05, 0.1) is 6.42 Å². The van der Waals surface area contributed by atoms with Crippen LogP contribution in [-0.2, 0) is 20.9 Å². The molecule has 4 aromatic carbocycles. The Bertz CT molecular complexity index is 1380. The Kier molecular flexibility index (Phi) is 8.36. The van der Waals surface area contributed by atoms with Crippen LogP contribution in [-0.4, -0.2) is 35.2 Å². The zero-order chi connectivity index (χ0) is 27.7. The van der Waals surface area contributed by atoms with Gasteiger partial charge in [-0.1, -0.05) is 109 Å². The van der Waals surface area contributed by atoms with Crippen molar-refractivity contribution in [2.75, 3.05) is 0 Å². The summed E-state index contributed by atoms with van der Waals surface area (Å²) in [5.74, 6) is -0.874. The van der Waals surface area contributed by atoms with Gasteiger partial charge >= 0.3 is 6.09 Å². The molecular formula is C32H29N3O5. The summed E-state index contributed by atoms with van der Waals surface area (Å²) in [7, 11) is 0. The SMILES string of the molecule is O=C(N[C@H](C(=O)NN1C(=O)CC1Oc1ccccc1)C(c1ccccc1)c1ccccc1)OCc1ccccc1. The summed E-state index contributed by atoms with van der Waals surface area (Å²) in [6, 6.07) is 36.0. The molecule has 0 saturated carbocycles. The van der Waals surface area contributed by atoms with Crippen molar-refractivity contribution in [1.29, 1.82) is 0 Å². The molecule has 4 aromatic rings. The van der Waals surface area contributed by atoms with E-state index < -0.39 is 30.2 Å². The number of rotatable bonds is 10. The Morgan fingerprint density at radius 2 is 1.30 bits per heavy atom. The lowest BCUT2D eigenvalue weighted by Gasteiger charge is -2.40. The van der Waals surface area contributed by atoms with Gasteiger partial charge in [0.1, 0.15) is 18.4 Å². The quantitative estimate of drug-likeness (QED) is 0.285. The summed E-state index contributed by atoms with van der Waals surface area (Å²) >= 11 is 0. The number of amides is 3. The van der Waals surface area contributed by atoms with Gasteiger partial charge in [-0.15, -0.1) is 0 Å². The van der Waals surface area contributed by atoms with Gasteiger partial charge in [-0.05, 0) is 28.8 Å². The van der Waals surface area contributed by atoms with Crippen molar-refractivity contribution in [2.24, 2.45) is 0 Å². The number of alkyl carbamates (subject to hydrolysis) is 1. The minimum absolute atomic E-state index is 0.0416. The average molecular weight is 536 g/mol. The maximum Gasteiger partial charge on any atom is 0.408 e. The molecule has 0 aliphatic carbocycles. The van der Waals surface area contributed by atoms with Crippen LogP contribution in [0.25, 0.3) is 0 Å². The Hall–Kier alpha value is -5.11. The fraction of sp³-hybridized carbons (Fsp3) is 0.156. The van der Waals surface area contributed by atoms with E-state index in [9.17, 15) is 14.4 Å². The van der Waals surface area contributed by atoms with Crippen LogP contribution in [0.15, 0.2) is 121 Å². The van der Waals surface area contributed by atoms with Crippen LogP contribution in [0.3, 0.4) is 0 Å². The largest absolute Gasteiger partial charge is 0.468 e. The first-order valence-electron chi connectivity index (χ1n) is 13.0. The summed E-state index contributed by atoms with van der Waals surface area (Å²) in [5.41, 5.74) is 5.12. The highest BCUT2D eigenvalue weighted by Gasteiger charge is 2.42. The van der Waals surface area contributed by atoms with Crippen LogP contribution in [0.4, 0.5) is 4.79 Å². The van der Waals surface area contributed by atoms with Crippen LogP contribution in [0.1, 0.15) is 29.0 Å². The highest BCUT2D eigenvalue weighted by Crippen LogP contribution is 2.29. The van der Waals surface area contributed by atoms with E-state index in [2.05, 4.69) is 10.7 Å². The monoisotopic (exact) mass is 535 g/mol. The highest BCUT2D eigenvalue weighted by atomic mass is 16.5. The Balaban J connectivity index is 1.39. The van der Waals surface area contributed by atoms with E-state index in [1.54, 1.807) is 12.1 Å². The molecule has 1 heterocycles. The van der Waals surface area contributed by atoms with Crippen molar-refractivity contribution >= 4 is 17.9 Å². The molecule has 0 aromatic heterocycles. The number of ether oxygens (including phenoxy) is 2. The molecule has 5 rings (SSSR count). The zero-order valence-electron chi connectivity index (χ0n) is 21.7. The maximum atomic E-state index is 13.9. The van der Waals surface area contributed by atoms with Crippen molar-refractivity contribution < 1.29 is 23.9 Å². The van der Waals surface area contributed by atoms with Gasteiger partial charge in [0.2, 0.25) is 12.1 Å². The molecule has 8 nitrogen and oxygen atoms in total. The molecule has 40 heavy (non-hydrogen) atoms. The van der Waals surface area contributed by atoms with Crippen LogP contribution in [0.5, 0.6) is 5.75 Å². The van der Waals surface area contributed by atoms with Gasteiger partial charge in [-0.25, -0.2) is 9.80 Å². The normalized spacial score (nSPS) is 15.1. The molecule has 1 saturated heterocycles. The van der Waals surface area contributed by atoms with Gasteiger partial charge in [-0.3, -0.25) is 15.0 Å². The van der Waals surface area contributed by atoms with E-state index in [1.807, 2.05) is 109 Å². The maximum absolute atomic E-state index is 13.9. The van der Waals surface area contributed by atoms with Crippen LogP contribution in [0.2, 0.25) is 0 Å². The average Bonchev–Trinajstić information content (AvgIpc) is 3.00. The van der Waals surface area contributed by atoms with E-state index in [1.165, 1.54) is 0 Å². The van der Waals surface area contributed by atoms with Gasteiger partial charge in [0, 0.05) is 5.92 Å². The third-order valence-corrected chi connectivity index (χ3v) is 6.57. The summed E-state index contributed by atoms with van der Waals surface area (Å²) < 4.78 is 11.4. The molecule has 8 heteroatoms. The number of nitrogens with zero attached hydrogens (tertiary/aromatic N) is 1. The summed E-state index contributed by atoms with van der Waals surface area (Å²) in [6.07, 6.45) is -1.31. The number of carbonyl (C=O) groups is 3. The molecule has 202 valence electrons. The molecule has 0 spiro atoms.